The van der Waals surface area contributed by atoms with Crippen molar-refractivity contribution < 1.29 is 5.11 Å². The molecule has 1 aromatic rings. The number of hydrogen-bond acceptors (Lipinski definition) is 3. The van der Waals surface area contributed by atoms with E-state index in [1.165, 1.54) is 18.5 Å². The van der Waals surface area contributed by atoms with Crippen LogP contribution in [0.2, 0.25) is 0 Å². The van der Waals surface area contributed by atoms with E-state index in [0.717, 1.165) is 25.9 Å². The van der Waals surface area contributed by atoms with Crippen LogP contribution in [0.15, 0.2) is 12.3 Å². The van der Waals surface area contributed by atoms with Gasteiger partial charge in [-0.3, -0.25) is 9.58 Å². The molecule has 0 saturated carbocycles. The number of aliphatic hydroxyl groups excluding tert-OH is 1. The maximum atomic E-state index is 9.31. The molecule has 0 aliphatic carbocycles. The molecule has 1 aliphatic rings. The number of aliphatic hydroxyl groups is 1. The molecule has 1 atom stereocenters. The van der Waals surface area contributed by atoms with Crippen LogP contribution >= 0.6 is 0 Å². The van der Waals surface area contributed by atoms with Gasteiger partial charge >= 0.3 is 0 Å². The lowest BCUT2D eigenvalue weighted by Crippen LogP contribution is -2.42. The minimum atomic E-state index is 0.297. The Morgan fingerprint density at radius 3 is 3.06 bits per heavy atom. The quantitative estimate of drug-likeness (QED) is 0.821. The molecule has 0 aromatic carbocycles. The second-order valence-electron chi connectivity index (χ2n) is 4.56. The summed E-state index contributed by atoms with van der Waals surface area (Å²) in [5.74, 6) is 0. The fraction of sp³-hybridized carbons (Fsp3) is 0.750. The molecule has 1 N–H and O–H groups in total. The summed E-state index contributed by atoms with van der Waals surface area (Å²) in [5.41, 5.74) is 1.27. The van der Waals surface area contributed by atoms with E-state index in [4.69, 9.17) is 0 Å². The van der Waals surface area contributed by atoms with Crippen LogP contribution in [0.4, 0.5) is 0 Å². The van der Waals surface area contributed by atoms with Gasteiger partial charge in [0.05, 0.1) is 6.61 Å². The van der Waals surface area contributed by atoms with E-state index in [0.29, 0.717) is 12.6 Å². The second-order valence-corrected chi connectivity index (χ2v) is 4.56. The van der Waals surface area contributed by atoms with Gasteiger partial charge in [-0.05, 0) is 25.5 Å². The Bertz CT molecular complexity index is 324. The molecule has 90 valence electrons. The molecule has 0 radical (unpaired) electrons. The minimum absolute atomic E-state index is 0.297. The van der Waals surface area contributed by atoms with Gasteiger partial charge in [-0.15, -0.1) is 0 Å². The van der Waals surface area contributed by atoms with Crippen LogP contribution in [0.25, 0.3) is 0 Å². The molecular formula is C12H21N3O. The SMILES string of the molecule is Cn1nccc1CCN1CCCCC1CO. The van der Waals surface area contributed by atoms with Crippen LogP contribution in [0, 0.1) is 0 Å². The predicted octanol–water partition coefficient (Wildman–Crippen LogP) is 0.809. The van der Waals surface area contributed by atoms with E-state index in [2.05, 4.69) is 16.1 Å². The van der Waals surface area contributed by atoms with Crippen LogP contribution < -0.4 is 0 Å². The summed E-state index contributed by atoms with van der Waals surface area (Å²) in [5, 5.41) is 13.5. The van der Waals surface area contributed by atoms with Gasteiger partial charge in [0.25, 0.3) is 0 Å². The normalized spacial score (nSPS) is 22.5. The van der Waals surface area contributed by atoms with Crippen LogP contribution in [0.5, 0.6) is 0 Å². The van der Waals surface area contributed by atoms with Gasteiger partial charge in [0, 0.05) is 37.9 Å². The number of rotatable bonds is 4. The minimum Gasteiger partial charge on any atom is -0.395 e. The third kappa shape index (κ3) is 2.62. The van der Waals surface area contributed by atoms with Gasteiger partial charge < -0.3 is 5.11 Å². The molecule has 1 aromatic heterocycles. The highest BCUT2D eigenvalue weighted by Crippen LogP contribution is 2.16. The Labute approximate surface area is 96.9 Å². The first-order valence-corrected chi connectivity index (χ1v) is 6.13. The Morgan fingerprint density at radius 2 is 2.38 bits per heavy atom. The summed E-state index contributed by atoms with van der Waals surface area (Å²) in [4.78, 5) is 2.41. The summed E-state index contributed by atoms with van der Waals surface area (Å²) in [6, 6.07) is 2.44. The third-order valence-corrected chi connectivity index (χ3v) is 3.54. The van der Waals surface area contributed by atoms with Gasteiger partial charge in [0.15, 0.2) is 0 Å². The standard InChI is InChI=1S/C12H21N3O/c1-14-11(5-7-13-14)6-9-15-8-3-2-4-12(15)10-16/h5,7,12,16H,2-4,6,8-10H2,1H3. The molecule has 4 heteroatoms. The molecule has 16 heavy (non-hydrogen) atoms. The van der Waals surface area contributed by atoms with Crippen molar-refractivity contribution in [1.82, 2.24) is 14.7 Å². The molecule has 4 nitrogen and oxygen atoms in total. The number of aryl methyl sites for hydroxylation is 1. The number of piperidine rings is 1. The highest BCUT2D eigenvalue weighted by molar-refractivity contribution is 5.00. The zero-order valence-electron chi connectivity index (χ0n) is 9.97. The highest BCUT2D eigenvalue weighted by atomic mass is 16.3. The Balaban J connectivity index is 1.86. The summed E-state index contributed by atoms with van der Waals surface area (Å²) < 4.78 is 1.93. The van der Waals surface area contributed by atoms with Crippen LogP contribution in [0.3, 0.4) is 0 Å². The number of nitrogens with zero attached hydrogens (tertiary/aromatic N) is 3. The molecule has 1 saturated heterocycles. The largest absolute Gasteiger partial charge is 0.395 e. The lowest BCUT2D eigenvalue weighted by atomic mass is 10.0. The van der Waals surface area contributed by atoms with Gasteiger partial charge in [0.1, 0.15) is 0 Å². The topological polar surface area (TPSA) is 41.3 Å². The Kier molecular flexibility index (Phi) is 3.96. The van der Waals surface area contributed by atoms with E-state index in [-0.39, 0.29) is 0 Å². The lowest BCUT2D eigenvalue weighted by molar-refractivity contribution is 0.0909. The number of aromatic nitrogens is 2. The molecule has 1 aliphatic heterocycles. The first-order chi connectivity index (χ1) is 7.81. The fourth-order valence-electron chi connectivity index (χ4n) is 2.47. The van der Waals surface area contributed by atoms with Crippen molar-refractivity contribution in [3.63, 3.8) is 0 Å². The summed E-state index contributed by atoms with van der Waals surface area (Å²) in [6.07, 6.45) is 6.53. The maximum Gasteiger partial charge on any atom is 0.0586 e. The first kappa shape index (κ1) is 11.6. The second kappa shape index (κ2) is 5.46. The molecular weight excluding hydrogens is 202 g/mol. The number of likely N-dealkylation sites (tertiary alicyclic amines) is 1. The molecule has 0 spiro atoms. The Morgan fingerprint density at radius 1 is 1.50 bits per heavy atom. The van der Waals surface area contributed by atoms with Crippen molar-refractivity contribution in [3.05, 3.63) is 18.0 Å². The van der Waals surface area contributed by atoms with Gasteiger partial charge in [-0.1, -0.05) is 6.42 Å². The van der Waals surface area contributed by atoms with Crippen LogP contribution in [0.1, 0.15) is 25.0 Å². The van der Waals surface area contributed by atoms with Gasteiger partial charge in [-0.25, -0.2) is 0 Å². The van der Waals surface area contributed by atoms with E-state index in [9.17, 15) is 5.11 Å². The van der Waals surface area contributed by atoms with E-state index in [1.54, 1.807) is 0 Å². The summed E-state index contributed by atoms with van der Waals surface area (Å²) >= 11 is 0. The van der Waals surface area contributed by atoms with E-state index < -0.39 is 0 Å². The molecule has 1 unspecified atom stereocenters. The molecule has 0 bridgehead atoms. The van der Waals surface area contributed by atoms with Gasteiger partial charge in [-0.2, -0.15) is 5.10 Å². The van der Waals surface area contributed by atoms with Crippen molar-refractivity contribution >= 4 is 0 Å². The average Bonchev–Trinajstić information content (AvgIpc) is 2.72. The van der Waals surface area contributed by atoms with Crippen LogP contribution in [-0.2, 0) is 13.5 Å². The molecule has 2 rings (SSSR count). The summed E-state index contributed by atoms with van der Waals surface area (Å²) in [7, 11) is 1.98. The average molecular weight is 223 g/mol. The van der Waals surface area contributed by atoms with Crippen molar-refractivity contribution in [2.45, 2.75) is 31.7 Å². The number of hydrogen-bond donors (Lipinski definition) is 1. The van der Waals surface area contributed by atoms with E-state index in [1.807, 2.05) is 17.9 Å². The molecule has 0 amide bonds. The summed E-state index contributed by atoms with van der Waals surface area (Å²) in [6.45, 7) is 2.46. The van der Waals surface area contributed by atoms with Crippen LogP contribution in [-0.4, -0.2) is 45.5 Å². The zero-order valence-corrected chi connectivity index (χ0v) is 9.97. The predicted molar refractivity (Wildman–Crippen MR) is 63.2 cm³/mol. The molecule has 2 heterocycles. The van der Waals surface area contributed by atoms with Gasteiger partial charge in [0.2, 0.25) is 0 Å². The Hall–Kier alpha value is -0.870. The van der Waals surface area contributed by atoms with Crippen molar-refractivity contribution in [3.8, 4) is 0 Å². The highest BCUT2D eigenvalue weighted by Gasteiger charge is 2.21. The monoisotopic (exact) mass is 223 g/mol. The molecule has 1 fully saturated rings. The fourth-order valence-corrected chi connectivity index (χ4v) is 2.47. The first-order valence-electron chi connectivity index (χ1n) is 6.13. The van der Waals surface area contributed by atoms with Crippen molar-refractivity contribution in [2.24, 2.45) is 7.05 Å². The van der Waals surface area contributed by atoms with E-state index >= 15 is 0 Å². The van der Waals surface area contributed by atoms with Crippen molar-refractivity contribution in [2.75, 3.05) is 19.7 Å². The lowest BCUT2D eigenvalue weighted by Gasteiger charge is -2.34. The third-order valence-electron chi connectivity index (χ3n) is 3.54. The van der Waals surface area contributed by atoms with Crippen molar-refractivity contribution in [1.29, 1.82) is 0 Å². The smallest absolute Gasteiger partial charge is 0.0586 e. The zero-order chi connectivity index (χ0) is 11.4. The maximum absolute atomic E-state index is 9.31.